The highest BCUT2D eigenvalue weighted by Gasteiger charge is 2.57. The standard InChI is InChI=1S/C20H18FN3O/c1-13-6-7-16(21)8-14(13)10-24-11-15(9-22)20(12-24)17-4-2-3-5-18(17)23-19(20)25/h2-8,15H,10-12H2,1H3,(H,23,25)/t15-,20-/m0/s1. The number of rotatable bonds is 2. The van der Waals surface area contributed by atoms with Gasteiger partial charge in [-0.05, 0) is 41.8 Å². The molecule has 4 rings (SSSR count). The number of aryl methyl sites for hydroxylation is 1. The van der Waals surface area contributed by atoms with Gasteiger partial charge in [-0.1, -0.05) is 24.3 Å². The number of nitriles is 1. The number of carbonyl (C=O) groups excluding carboxylic acids is 1. The van der Waals surface area contributed by atoms with E-state index in [1.54, 1.807) is 6.07 Å². The van der Waals surface area contributed by atoms with Crippen LogP contribution in [0.3, 0.4) is 0 Å². The Balaban J connectivity index is 1.69. The van der Waals surface area contributed by atoms with Crippen molar-refractivity contribution in [3.63, 3.8) is 0 Å². The molecule has 25 heavy (non-hydrogen) atoms. The molecule has 0 aromatic heterocycles. The topological polar surface area (TPSA) is 56.1 Å². The highest BCUT2D eigenvalue weighted by Crippen LogP contribution is 2.47. The summed E-state index contributed by atoms with van der Waals surface area (Å²) in [5.41, 5.74) is 2.74. The van der Waals surface area contributed by atoms with Gasteiger partial charge in [-0.25, -0.2) is 4.39 Å². The summed E-state index contributed by atoms with van der Waals surface area (Å²) in [6.45, 7) is 3.43. The summed E-state index contributed by atoms with van der Waals surface area (Å²) in [4.78, 5) is 14.9. The number of nitrogens with zero attached hydrogens (tertiary/aromatic N) is 2. The van der Waals surface area contributed by atoms with Crippen LogP contribution < -0.4 is 5.32 Å². The van der Waals surface area contributed by atoms with Crippen molar-refractivity contribution in [2.45, 2.75) is 18.9 Å². The average molecular weight is 335 g/mol. The molecule has 1 saturated heterocycles. The number of anilines is 1. The molecule has 1 spiro atoms. The minimum atomic E-state index is -0.841. The minimum absolute atomic E-state index is 0.112. The Morgan fingerprint density at radius 3 is 2.96 bits per heavy atom. The number of carbonyl (C=O) groups is 1. The van der Waals surface area contributed by atoms with Gasteiger partial charge >= 0.3 is 0 Å². The predicted octanol–water partition coefficient (Wildman–Crippen LogP) is 2.98. The molecule has 4 nitrogen and oxygen atoms in total. The van der Waals surface area contributed by atoms with Gasteiger partial charge in [-0.2, -0.15) is 5.26 Å². The van der Waals surface area contributed by atoms with E-state index in [0.717, 1.165) is 22.4 Å². The van der Waals surface area contributed by atoms with E-state index in [0.29, 0.717) is 19.6 Å². The number of para-hydroxylation sites is 1. The van der Waals surface area contributed by atoms with Crippen molar-refractivity contribution in [1.82, 2.24) is 4.90 Å². The van der Waals surface area contributed by atoms with Crippen LogP contribution in [-0.2, 0) is 16.8 Å². The minimum Gasteiger partial charge on any atom is -0.325 e. The van der Waals surface area contributed by atoms with Gasteiger partial charge in [-0.15, -0.1) is 0 Å². The van der Waals surface area contributed by atoms with Crippen LogP contribution >= 0.6 is 0 Å². The zero-order valence-corrected chi connectivity index (χ0v) is 13.9. The molecule has 2 aliphatic rings. The first kappa shape index (κ1) is 15.8. The van der Waals surface area contributed by atoms with Gasteiger partial charge in [0.2, 0.25) is 5.91 Å². The first-order valence-electron chi connectivity index (χ1n) is 8.32. The fraction of sp³-hybridized carbons (Fsp3) is 0.300. The number of fused-ring (bicyclic) bond motifs is 2. The zero-order chi connectivity index (χ0) is 17.6. The number of nitrogens with one attached hydrogen (secondary N) is 1. The van der Waals surface area contributed by atoms with E-state index in [4.69, 9.17) is 0 Å². The van der Waals surface area contributed by atoms with E-state index in [1.807, 2.05) is 31.2 Å². The maximum atomic E-state index is 13.6. The van der Waals surface area contributed by atoms with Crippen LogP contribution in [0.5, 0.6) is 0 Å². The predicted molar refractivity (Wildman–Crippen MR) is 92.3 cm³/mol. The first-order valence-corrected chi connectivity index (χ1v) is 8.32. The van der Waals surface area contributed by atoms with E-state index in [-0.39, 0.29) is 11.7 Å². The summed E-state index contributed by atoms with van der Waals surface area (Å²) in [7, 11) is 0. The van der Waals surface area contributed by atoms with Crippen LogP contribution in [0.15, 0.2) is 42.5 Å². The van der Waals surface area contributed by atoms with Gasteiger partial charge < -0.3 is 5.32 Å². The average Bonchev–Trinajstić information content (AvgIpc) is 3.10. The third kappa shape index (κ3) is 2.33. The summed E-state index contributed by atoms with van der Waals surface area (Å²) in [6, 6.07) is 14.6. The molecule has 2 heterocycles. The zero-order valence-electron chi connectivity index (χ0n) is 13.9. The number of benzene rings is 2. The van der Waals surface area contributed by atoms with Gasteiger partial charge in [0, 0.05) is 25.3 Å². The number of hydrogen-bond donors (Lipinski definition) is 1. The molecule has 0 unspecified atom stereocenters. The molecule has 1 fully saturated rings. The smallest absolute Gasteiger partial charge is 0.237 e. The molecule has 0 bridgehead atoms. The van der Waals surface area contributed by atoms with Gasteiger partial charge in [-0.3, -0.25) is 9.69 Å². The second-order valence-electron chi connectivity index (χ2n) is 6.89. The Hall–Kier alpha value is -2.71. The quantitative estimate of drug-likeness (QED) is 0.918. The monoisotopic (exact) mass is 335 g/mol. The van der Waals surface area contributed by atoms with E-state index in [2.05, 4.69) is 16.3 Å². The third-order valence-corrected chi connectivity index (χ3v) is 5.43. The molecule has 126 valence electrons. The molecule has 0 aliphatic carbocycles. The van der Waals surface area contributed by atoms with Crippen LogP contribution in [-0.4, -0.2) is 23.9 Å². The Bertz CT molecular complexity index is 904. The van der Waals surface area contributed by atoms with Crippen molar-refractivity contribution in [2.24, 2.45) is 5.92 Å². The van der Waals surface area contributed by atoms with Gasteiger partial charge in [0.15, 0.2) is 0 Å². The molecule has 2 atom stereocenters. The molecule has 2 aromatic carbocycles. The molecule has 2 aromatic rings. The van der Waals surface area contributed by atoms with E-state index in [9.17, 15) is 14.4 Å². The normalized spacial score (nSPS) is 25.0. The van der Waals surface area contributed by atoms with Crippen LogP contribution in [0.2, 0.25) is 0 Å². The van der Waals surface area contributed by atoms with Crippen molar-refractivity contribution in [3.8, 4) is 6.07 Å². The summed E-state index contributed by atoms with van der Waals surface area (Å²) < 4.78 is 13.6. The van der Waals surface area contributed by atoms with Crippen molar-refractivity contribution in [2.75, 3.05) is 18.4 Å². The highest BCUT2D eigenvalue weighted by molar-refractivity contribution is 6.07. The molecule has 1 amide bonds. The largest absolute Gasteiger partial charge is 0.325 e. The van der Waals surface area contributed by atoms with Crippen molar-refractivity contribution in [3.05, 3.63) is 65.0 Å². The van der Waals surface area contributed by atoms with Crippen LogP contribution in [0.25, 0.3) is 0 Å². The number of hydrogen-bond acceptors (Lipinski definition) is 3. The fourth-order valence-electron chi connectivity index (χ4n) is 4.10. The summed E-state index contributed by atoms with van der Waals surface area (Å²) >= 11 is 0. The molecule has 5 heteroatoms. The second kappa shape index (κ2) is 5.68. The van der Waals surface area contributed by atoms with Gasteiger partial charge in [0.25, 0.3) is 0 Å². The third-order valence-electron chi connectivity index (χ3n) is 5.43. The molecule has 0 saturated carbocycles. The lowest BCUT2D eigenvalue weighted by Gasteiger charge is -2.24. The van der Waals surface area contributed by atoms with E-state index < -0.39 is 11.3 Å². The summed E-state index contributed by atoms with van der Waals surface area (Å²) in [6.07, 6.45) is 0. The molecular formula is C20H18FN3O. The highest BCUT2D eigenvalue weighted by atomic mass is 19.1. The lowest BCUT2D eigenvalue weighted by Crippen LogP contribution is -2.41. The van der Waals surface area contributed by atoms with E-state index in [1.165, 1.54) is 12.1 Å². The van der Waals surface area contributed by atoms with Gasteiger partial charge in [0.1, 0.15) is 11.2 Å². The second-order valence-corrected chi connectivity index (χ2v) is 6.89. The van der Waals surface area contributed by atoms with Crippen molar-refractivity contribution < 1.29 is 9.18 Å². The molecule has 2 aliphatic heterocycles. The van der Waals surface area contributed by atoms with Gasteiger partial charge in [0.05, 0.1) is 12.0 Å². The maximum absolute atomic E-state index is 13.6. The molecule has 1 N–H and O–H groups in total. The Labute approximate surface area is 145 Å². The SMILES string of the molecule is Cc1ccc(F)cc1CN1C[C@H](C#N)[C@]2(C1)C(=O)Nc1ccccc12. The lowest BCUT2D eigenvalue weighted by atomic mass is 9.74. The number of likely N-dealkylation sites (tertiary alicyclic amines) is 1. The number of amides is 1. The van der Waals surface area contributed by atoms with Crippen LogP contribution in [0, 0.1) is 30.0 Å². The Morgan fingerprint density at radius 2 is 2.16 bits per heavy atom. The van der Waals surface area contributed by atoms with Crippen LogP contribution in [0.1, 0.15) is 16.7 Å². The Morgan fingerprint density at radius 1 is 1.36 bits per heavy atom. The van der Waals surface area contributed by atoms with Crippen molar-refractivity contribution in [1.29, 1.82) is 5.26 Å². The first-order chi connectivity index (χ1) is 12.0. The lowest BCUT2D eigenvalue weighted by molar-refractivity contribution is -0.121. The number of halogens is 1. The van der Waals surface area contributed by atoms with E-state index >= 15 is 0 Å². The molecular weight excluding hydrogens is 317 g/mol. The summed E-state index contributed by atoms with van der Waals surface area (Å²) in [5, 5.41) is 12.6. The van der Waals surface area contributed by atoms with Crippen molar-refractivity contribution >= 4 is 11.6 Å². The maximum Gasteiger partial charge on any atom is 0.237 e. The fourth-order valence-corrected chi connectivity index (χ4v) is 4.10. The van der Waals surface area contributed by atoms with Crippen LogP contribution in [0.4, 0.5) is 10.1 Å². The Kier molecular flexibility index (Phi) is 3.59. The molecule has 0 radical (unpaired) electrons. The summed E-state index contributed by atoms with van der Waals surface area (Å²) in [5.74, 6) is -0.806.